The summed E-state index contributed by atoms with van der Waals surface area (Å²) in [6, 6.07) is 18.9. The fourth-order valence-electron chi connectivity index (χ4n) is 3.46. The van der Waals surface area contributed by atoms with Gasteiger partial charge in [0.25, 0.3) is 5.91 Å². The molecule has 0 saturated carbocycles. The minimum Gasteiger partial charge on any atom is -0.369 e. The molecule has 0 radical (unpaired) electrons. The van der Waals surface area contributed by atoms with Gasteiger partial charge in [-0.25, -0.2) is 9.37 Å². The van der Waals surface area contributed by atoms with Crippen molar-refractivity contribution in [2.24, 2.45) is 5.73 Å². The van der Waals surface area contributed by atoms with E-state index in [4.69, 9.17) is 5.73 Å². The van der Waals surface area contributed by atoms with Crippen molar-refractivity contribution in [2.45, 2.75) is 6.42 Å². The van der Waals surface area contributed by atoms with Gasteiger partial charge in [-0.2, -0.15) is 5.26 Å². The van der Waals surface area contributed by atoms with Gasteiger partial charge < -0.3 is 21.3 Å². The molecule has 3 rings (SSSR count). The maximum Gasteiger partial charge on any atom is 0.255 e. The Morgan fingerprint density at radius 3 is 2.66 bits per heavy atom. The number of nitrogens with two attached hydrogens (primary N) is 1. The molecule has 0 aliphatic heterocycles. The first-order valence-corrected chi connectivity index (χ1v) is 11.1. The Balaban J connectivity index is 1.80. The maximum absolute atomic E-state index is 13.5. The molecule has 0 fully saturated rings. The highest BCUT2D eigenvalue weighted by Crippen LogP contribution is 2.25. The number of hydrogen-bond donors (Lipinski definition) is 3. The van der Waals surface area contributed by atoms with Gasteiger partial charge in [-0.3, -0.25) is 9.59 Å². The van der Waals surface area contributed by atoms with Crippen molar-refractivity contribution in [2.75, 3.05) is 38.5 Å². The normalized spacial score (nSPS) is 10.3. The van der Waals surface area contributed by atoms with Crippen LogP contribution in [0.1, 0.15) is 21.5 Å². The zero-order valence-corrected chi connectivity index (χ0v) is 19.4. The van der Waals surface area contributed by atoms with Crippen LogP contribution in [0.4, 0.5) is 10.2 Å². The van der Waals surface area contributed by atoms with Gasteiger partial charge in [0, 0.05) is 32.2 Å². The second kappa shape index (κ2) is 12.3. The topological polar surface area (TPSA) is 124 Å². The lowest BCUT2D eigenvalue weighted by molar-refractivity contribution is -0.128. The van der Waals surface area contributed by atoms with Crippen LogP contribution in [-0.4, -0.2) is 54.9 Å². The van der Waals surface area contributed by atoms with Gasteiger partial charge in [-0.1, -0.05) is 30.3 Å². The Kier molecular flexibility index (Phi) is 8.87. The van der Waals surface area contributed by atoms with Crippen LogP contribution in [-0.2, 0) is 11.2 Å². The van der Waals surface area contributed by atoms with Crippen molar-refractivity contribution in [1.29, 1.82) is 5.26 Å². The molecule has 0 aliphatic carbocycles. The molecule has 0 saturated heterocycles. The number of benzene rings is 2. The highest BCUT2D eigenvalue weighted by molar-refractivity contribution is 5.99. The third-order valence-electron chi connectivity index (χ3n) is 5.39. The minimum atomic E-state index is -0.362. The van der Waals surface area contributed by atoms with Crippen LogP contribution in [0.15, 0.2) is 60.7 Å². The predicted octanol–water partition coefficient (Wildman–Crippen LogP) is 2.56. The molecule has 0 atom stereocenters. The van der Waals surface area contributed by atoms with Crippen LogP contribution >= 0.6 is 0 Å². The molecule has 0 aliphatic rings. The molecule has 1 heterocycles. The van der Waals surface area contributed by atoms with E-state index >= 15 is 0 Å². The van der Waals surface area contributed by atoms with Crippen LogP contribution < -0.4 is 16.4 Å². The van der Waals surface area contributed by atoms with E-state index in [9.17, 15) is 19.2 Å². The molecule has 1 aromatic heterocycles. The number of pyridine rings is 1. The summed E-state index contributed by atoms with van der Waals surface area (Å²) < 4.78 is 13.5. The summed E-state index contributed by atoms with van der Waals surface area (Å²) in [5, 5.41) is 15.4. The summed E-state index contributed by atoms with van der Waals surface area (Å²) in [6.07, 6.45) is 0.519. The number of hydrogen-bond acceptors (Lipinski definition) is 6. The monoisotopic (exact) mass is 474 g/mol. The average Bonchev–Trinajstić information content (AvgIpc) is 2.88. The molecule has 0 spiro atoms. The number of halogens is 1. The molecule has 4 N–H and O–H groups in total. The van der Waals surface area contributed by atoms with E-state index in [0.29, 0.717) is 47.7 Å². The van der Waals surface area contributed by atoms with E-state index in [1.54, 1.807) is 43.4 Å². The van der Waals surface area contributed by atoms with Crippen molar-refractivity contribution in [3.8, 4) is 17.3 Å². The summed E-state index contributed by atoms with van der Waals surface area (Å²) in [6.45, 7) is 0.862. The summed E-state index contributed by atoms with van der Waals surface area (Å²) in [5.41, 5.74) is 8.14. The van der Waals surface area contributed by atoms with Gasteiger partial charge in [0.05, 0.1) is 29.4 Å². The zero-order valence-electron chi connectivity index (χ0n) is 19.4. The molecule has 35 heavy (non-hydrogen) atoms. The Hall–Kier alpha value is -4.29. The molecule has 0 unspecified atom stereocenters. The van der Waals surface area contributed by atoms with Crippen LogP contribution in [0.2, 0.25) is 0 Å². The predicted molar refractivity (Wildman–Crippen MR) is 132 cm³/mol. The van der Waals surface area contributed by atoms with Crippen LogP contribution in [0.5, 0.6) is 0 Å². The zero-order chi connectivity index (χ0) is 25.2. The summed E-state index contributed by atoms with van der Waals surface area (Å²) in [7, 11) is 1.61. The standard InChI is InChI=1S/C26H27FN6O2/c1-33(24(34)17-29)14-13-31-26(35)22-9-10-23(21-8-3-2-6-19(21)16-28)32-25(22)30-12-11-18-5-4-7-20(27)15-18/h2-10,15H,11-14,17,29H2,1H3,(H,30,32)(H,31,35). The van der Waals surface area contributed by atoms with Gasteiger partial charge in [0.2, 0.25) is 5.91 Å². The van der Waals surface area contributed by atoms with Gasteiger partial charge in [-0.05, 0) is 42.3 Å². The average molecular weight is 475 g/mol. The molecule has 2 aromatic carbocycles. The van der Waals surface area contributed by atoms with E-state index < -0.39 is 0 Å². The number of likely N-dealkylation sites (N-methyl/N-ethyl adjacent to an activating group) is 1. The van der Waals surface area contributed by atoms with Gasteiger partial charge in [0.1, 0.15) is 11.6 Å². The molecule has 0 bridgehead atoms. The minimum absolute atomic E-state index is 0.0978. The van der Waals surface area contributed by atoms with Gasteiger partial charge in [0.15, 0.2) is 0 Å². The van der Waals surface area contributed by atoms with Crippen molar-refractivity contribution in [3.63, 3.8) is 0 Å². The molecule has 9 heteroatoms. The lowest BCUT2D eigenvalue weighted by Gasteiger charge is -2.17. The first-order chi connectivity index (χ1) is 16.9. The lowest BCUT2D eigenvalue weighted by Crippen LogP contribution is -2.39. The first-order valence-electron chi connectivity index (χ1n) is 11.1. The molecular formula is C26H27FN6O2. The number of anilines is 1. The Bertz CT molecular complexity index is 1240. The van der Waals surface area contributed by atoms with E-state index in [0.717, 1.165) is 5.56 Å². The third kappa shape index (κ3) is 6.85. The Labute approximate surface area is 203 Å². The van der Waals surface area contributed by atoms with Crippen molar-refractivity contribution < 1.29 is 14.0 Å². The number of nitrogens with zero attached hydrogens (tertiary/aromatic N) is 3. The Morgan fingerprint density at radius 2 is 1.91 bits per heavy atom. The molecular weight excluding hydrogens is 447 g/mol. The Morgan fingerprint density at radius 1 is 1.11 bits per heavy atom. The first kappa shape index (κ1) is 25.3. The van der Waals surface area contributed by atoms with Crippen LogP contribution in [0.3, 0.4) is 0 Å². The number of nitriles is 1. The summed E-state index contributed by atoms with van der Waals surface area (Å²) in [4.78, 5) is 30.6. The van der Waals surface area contributed by atoms with Crippen molar-refractivity contribution in [1.82, 2.24) is 15.2 Å². The molecule has 2 amide bonds. The third-order valence-corrected chi connectivity index (χ3v) is 5.39. The summed E-state index contributed by atoms with van der Waals surface area (Å²) in [5.74, 6) is -0.551. The van der Waals surface area contributed by atoms with Crippen molar-refractivity contribution in [3.05, 3.63) is 83.2 Å². The van der Waals surface area contributed by atoms with Gasteiger partial charge in [-0.15, -0.1) is 0 Å². The number of aromatic nitrogens is 1. The lowest BCUT2D eigenvalue weighted by atomic mass is 10.0. The second-order valence-electron chi connectivity index (χ2n) is 7.83. The molecule has 3 aromatic rings. The SMILES string of the molecule is CN(CCNC(=O)c1ccc(-c2ccccc2C#N)nc1NCCc1cccc(F)c1)C(=O)CN. The van der Waals surface area contributed by atoms with E-state index in [2.05, 4.69) is 21.7 Å². The second-order valence-corrected chi connectivity index (χ2v) is 7.83. The van der Waals surface area contributed by atoms with Crippen LogP contribution in [0, 0.1) is 17.1 Å². The van der Waals surface area contributed by atoms with E-state index in [-0.39, 0.29) is 30.7 Å². The largest absolute Gasteiger partial charge is 0.369 e. The quantitative estimate of drug-likeness (QED) is 0.415. The van der Waals surface area contributed by atoms with Crippen LogP contribution in [0.25, 0.3) is 11.3 Å². The highest BCUT2D eigenvalue weighted by Gasteiger charge is 2.16. The smallest absolute Gasteiger partial charge is 0.255 e. The fourth-order valence-corrected chi connectivity index (χ4v) is 3.46. The summed E-state index contributed by atoms with van der Waals surface area (Å²) >= 11 is 0. The number of carbonyl (C=O) groups is 2. The number of rotatable bonds is 10. The number of carbonyl (C=O) groups excluding carboxylic acids is 2. The molecule has 8 nitrogen and oxygen atoms in total. The van der Waals surface area contributed by atoms with E-state index in [1.807, 2.05) is 12.1 Å². The molecule has 180 valence electrons. The van der Waals surface area contributed by atoms with E-state index in [1.165, 1.54) is 17.0 Å². The number of amides is 2. The maximum atomic E-state index is 13.5. The number of nitrogens with one attached hydrogen (secondary N) is 2. The van der Waals surface area contributed by atoms with Gasteiger partial charge >= 0.3 is 0 Å². The fraction of sp³-hybridized carbons (Fsp3) is 0.231. The highest BCUT2D eigenvalue weighted by atomic mass is 19.1. The van der Waals surface area contributed by atoms with Crippen molar-refractivity contribution >= 4 is 17.6 Å².